The van der Waals surface area contributed by atoms with Gasteiger partial charge in [-0.25, -0.2) is 13.7 Å². The van der Waals surface area contributed by atoms with Crippen LogP contribution in [0.1, 0.15) is 0 Å². The third kappa shape index (κ3) is 6.46. The standard InChI is InChI=1S/C18H17N3O9S3/c19-17-7-8-18(15-6-5-14(11-16(15)17)33(25,26)27)21-20-12-1-3-13(4-2-12)32(23,24)10-9-28-31-30-29-22/h1-8,11,22H,9-10,19H2,(H,25,26,27). The highest BCUT2D eigenvalue weighted by Crippen LogP contribution is 2.33. The summed E-state index contributed by atoms with van der Waals surface area (Å²) in [5, 5.41) is 20.4. The van der Waals surface area contributed by atoms with E-state index in [9.17, 15) is 21.4 Å². The average Bonchev–Trinajstić information content (AvgIpc) is 2.78. The van der Waals surface area contributed by atoms with Crippen LogP contribution < -0.4 is 5.73 Å². The third-order valence-electron chi connectivity index (χ3n) is 4.31. The minimum absolute atomic E-state index is 0.0463. The molecule has 0 aliphatic heterocycles. The van der Waals surface area contributed by atoms with Gasteiger partial charge in [-0.1, -0.05) is 11.1 Å². The zero-order valence-electron chi connectivity index (χ0n) is 16.6. The van der Waals surface area contributed by atoms with Crippen LogP contribution in [0.25, 0.3) is 10.8 Å². The number of benzene rings is 3. The van der Waals surface area contributed by atoms with Crippen molar-refractivity contribution in [1.29, 1.82) is 0 Å². The van der Waals surface area contributed by atoms with Crippen molar-refractivity contribution in [2.75, 3.05) is 18.1 Å². The summed E-state index contributed by atoms with van der Waals surface area (Å²) < 4.78 is 65.3. The molecule has 176 valence electrons. The number of azo groups is 1. The molecule has 0 radical (unpaired) electrons. The van der Waals surface area contributed by atoms with Crippen LogP contribution in [0.5, 0.6) is 0 Å². The monoisotopic (exact) mass is 515 g/mol. The molecule has 0 aromatic heterocycles. The van der Waals surface area contributed by atoms with Crippen LogP contribution in [0.3, 0.4) is 0 Å². The van der Waals surface area contributed by atoms with Crippen LogP contribution in [0.4, 0.5) is 17.1 Å². The topological polar surface area (TPSA) is 187 Å². The summed E-state index contributed by atoms with van der Waals surface area (Å²) >= 11 is 0.285. The van der Waals surface area contributed by atoms with Gasteiger partial charge in [0.25, 0.3) is 10.1 Å². The van der Waals surface area contributed by atoms with Crippen molar-refractivity contribution in [3.8, 4) is 0 Å². The largest absolute Gasteiger partial charge is 0.398 e. The summed E-state index contributed by atoms with van der Waals surface area (Å²) in [5.74, 6) is -0.335. The quantitative estimate of drug-likeness (QED) is 0.0676. The van der Waals surface area contributed by atoms with Gasteiger partial charge in [0.2, 0.25) is 0 Å². The van der Waals surface area contributed by atoms with E-state index in [0.717, 1.165) is 0 Å². The Morgan fingerprint density at radius 2 is 1.61 bits per heavy atom. The van der Waals surface area contributed by atoms with E-state index in [1.807, 2.05) is 0 Å². The molecular formula is C18H17N3O9S3. The molecule has 33 heavy (non-hydrogen) atoms. The molecule has 3 aromatic rings. The van der Waals surface area contributed by atoms with Gasteiger partial charge in [-0.3, -0.25) is 8.74 Å². The van der Waals surface area contributed by atoms with Gasteiger partial charge in [-0.15, -0.1) is 9.45 Å². The maximum absolute atomic E-state index is 12.3. The number of nitrogens with two attached hydrogens (primary N) is 1. The minimum Gasteiger partial charge on any atom is -0.398 e. The van der Waals surface area contributed by atoms with Gasteiger partial charge >= 0.3 is 0 Å². The molecule has 3 aromatic carbocycles. The van der Waals surface area contributed by atoms with Crippen molar-refractivity contribution in [3.05, 3.63) is 54.6 Å². The van der Waals surface area contributed by atoms with E-state index in [2.05, 4.69) is 19.6 Å². The third-order valence-corrected chi connectivity index (χ3v) is 7.23. The Labute approximate surface area is 192 Å². The molecule has 0 saturated heterocycles. The summed E-state index contributed by atoms with van der Waals surface area (Å²) in [7, 11) is -8.03. The molecule has 0 spiro atoms. The second-order valence-electron chi connectivity index (χ2n) is 6.40. The van der Waals surface area contributed by atoms with Crippen LogP contribution in [-0.4, -0.2) is 39.0 Å². The number of rotatable bonds is 10. The lowest BCUT2D eigenvalue weighted by Gasteiger charge is -2.07. The summed E-state index contributed by atoms with van der Waals surface area (Å²) in [4.78, 5) is -0.254. The predicted octanol–water partition coefficient (Wildman–Crippen LogP) is 3.86. The van der Waals surface area contributed by atoms with E-state index < -0.39 is 20.0 Å². The Hall–Kier alpha value is -2.63. The molecule has 0 bridgehead atoms. The van der Waals surface area contributed by atoms with Crippen LogP contribution in [0, 0.1) is 0 Å². The van der Waals surface area contributed by atoms with Gasteiger partial charge in [0.1, 0.15) is 0 Å². The summed E-state index contributed by atoms with van der Waals surface area (Å²) in [5.41, 5.74) is 6.97. The lowest BCUT2D eigenvalue weighted by molar-refractivity contribution is -0.434. The Morgan fingerprint density at radius 1 is 0.909 bits per heavy atom. The fourth-order valence-corrected chi connectivity index (χ4v) is 4.66. The first kappa shape index (κ1) is 25.0. The lowest BCUT2D eigenvalue weighted by Crippen LogP contribution is -2.10. The Morgan fingerprint density at radius 3 is 2.27 bits per heavy atom. The maximum Gasteiger partial charge on any atom is 0.294 e. The molecule has 0 amide bonds. The predicted molar refractivity (Wildman–Crippen MR) is 119 cm³/mol. The van der Waals surface area contributed by atoms with Crippen LogP contribution in [-0.2, 0) is 33.5 Å². The molecule has 0 aliphatic carbocycles. The molecule has 0 saturated carbocycles. The number of nitrogens with zero attached hydrogens (tertiary/aromatic N) is 2. The van der Waals surface area contributed by atoms with Crippen LogP contribution >= 0.6 is 12.3 Å². The zero-order chi connectivity index (χ0) is 24.1. The number of fused-ring (bicyclic) bond motifs is 1. The Balaban J connectivity index is 1.78. The van der Waals surface area contributed by atoms with Gasteiger partial charge < -0.3 is 5.73 Å². The van der Waals surface area contributed by atoms with Gasteiger partial charge in [-0.2, -0.15) is 13.5 Å². The van der Waals surface area contributed by atoms with E-state index in [1.54, 1.807) is 6.07 Å². The van der Waals surface area contributed by atoms with E-state index in [-0.39, 0.29) is 34.5 Å². The lowest BCUT2D eigenvalue weighted by atomic mass is 10.1. The Kier molecular flexibility index (Phi) is 7.98. The zero-order valence-corrected chi connectivity index (χ0v) is 19.0. The normalized spacial score (nSPS) is 12.5. The summed E-state index contributed by atoms with van der Waals surface area (Å²) in [6.07, 6.45) is 0. The van der Waals surface area contributed by atoms with Crippen molar-refractivity contribution in [2.24, 2.45) is 10.2 Å². The van der Waals surface area contributed by atoms with Crippen molar-refractivity contribution in [3.63, 3.8) is 0 Å². The van der Waals surface area contributed by atoms with E-state index >= 15 is 0 Å². The second-order valence-corrected chi connectivity index (χ2v) is 10.4. The fraction of sp³-hybridized carbons (Fsp3) is 0.111. The highest BCUT2D eigenvalue weighted by atomic mass is 32.2. The average molecular weight is 516 g/mol. The molecule has 0 fully saturated rings. The maximum atomic E-state index is 12.3. The molecule has 4 N–H and O–H groups in total. The highest BCUT2D eigenvalue weighted by molar-refractivity contribution is 7.91. The number of hydrogen-bond acceptors (Lipinski definition) is 12. The molecule has 12 nitrogen and oxygen atoms in total. The van der Waals surface area contributed by atoms with Crippen molar-refractivity contribution >= 4 is 60.1 Å². The number of anilines is 1. The van der Waals surface area contributed by atoms with Crippen molar-refractivity contribution in [2.45, 2.75) is 9.79 Å². The van der Waals surface area contributed by atoms with Gasteiger partial charge in [0, 0.05) is 16.5 Å². The van der Waals surface area contributed by atoms with Gasteiger partial charge in [0.05, 0.1) is 33.5 Å². The molecule has 15 heteroatoms. The number of nitrogen functional groups attached to an aromatic ring is 1. The first-order chi connectivity index (χ1) is 15.6. The van der Waals surface area contributed by atoms with Crippen molar-refractivity contribution in [1.82, 2.24) is 0 Å². The Bertz CT molecular complexity index is 1380. The summed E-state index contributed by atoms with van der Waals surface area (Å²) in [6, 6.07) is 12.7. The van der Waals surface area contributed by atoms with Gasteiger partial charge in [-0.05, 0) is 48.5 Å². The minimum atomic E-state index is -4.40. The second kappa shape index (κ2) is 10.5. The van der Waals surface area contributed by atoms with Crippen LogP contribution in [0.2, 0.25) is 0 Å². The molecule has 0 unspecified atom stereocenters. The van der Waals surface area contributed by atoms with E-state index in [0.29, 0.717) is 27.8 Å². The first-order valence-corrected chi connectivity index (χ1v) is 12.7. The van der Waals surface area contributed by atoms with Crippen LogP contribution in [0.15, 0.2) is 74.6 Å². The smallest absolute Gasteiger partial charge is 0.294 e. The van der Waals surface area contributed by atoms with Crippen molar-refractivity contribution < 1.29 is 40.2 Å². The number of sulfone groups is 1. The molecule has 0 aliphatic rings. The fourth-order valence-electron chi connectivity index (χ4n) is 2.74. The SMILES string of the molecule is Nc1ccc(N=Nc2ccc(S(=O)(=O)CCOSOOO)cc2)c2ccc(S(=O)(=O)O)cc12. The number of hydrogen-bond donors (Lipinski definition) is 3. The molecule has 3 rings (SSSR count). The molecular weight excluding hydrogens is 498 g/mol. The molecule has 0 atom stereocenters. The van der Waals surface area contributed by atoms with Gasteiger partial charge in [0.15, 0.2) is 22.2 Å². The van der Waals surface area contributed by atoms with E-state index in [1.165, 1.54) is 48.5 Å². The van der Waals surface area contributed by atoms with E-state index in [4.69, 9.17) is 15.2 Å². The highest BCUT2D eigenvalue weighted by Gasteiger charge is 2.15. The molecule has 0 heterocycles. The first-order valence-electron chi connectivity index (χ1n) is 8.92. The summed E-state index contributed by atoms with van der Waals surface area (Å²) in [6.45, 7) is -0.207.